The lowest BCUT2D eigenvalue weighted by Gasteiger charge is -2.14. The van der Waals surface area contributed by atoms with Crippen molar-refractivity contribution >= 4 is 17.5 Å². The highest BCUT2D eigenvalue weighted by Gasteiger charge is 2.16. The predicted molar refractivity (Wildman–Crippen MR) is 83.7 cm³/mol. The van der Waals surface area contributed by atoms with Crippen molar-refractivity contribution in [1.82, 2.24) is 9.55 Å². The number of nitrogens with zero attached hydrogens (tertiary/aromatic N) is 2. The molecule has 0 aliphatic heterocycles. The molecule has 1 aromatic carbocycles. The number of amides is 1. The Bertz CT molecular complexity index is 754. The van der Waals surface area contributed by atoms with Gasteiger partial charge in [0.1, 0.15) is 12.4 Å². The minimum Gasteiger partial charge on any atom is -0.396 e. The van der Waals surface area contributed by atoms with E-state index in [2.05, 4.69) is 4.98 Å². The Labute approximate surface area is 132 Å². The zero-order valence-corrected chi connectivity index (χ0v) is 12.8. The monoisotopic (exact) mass is 321 g/mol. The molecule has 1 aromatic heterocycles. The number of aliphatic hydroxyl groups is 1. The Morgan fingerprint density at radius 1 is 1.36 bits per heavy atom. The van der Waals surface area contributed by atoms with Gasteiger partial charge in [-0.3, -0.25) is 14.2 Å². The minimum atomic E-state index is -0.641. The van der Waals surface area contributed by atoms with Crippen molar-refractivity contribution < 1.29 is 9.90 Å². The first-order chi connectivity index (χ1) is 10.4. The van der Waals surface area contributed by atoms with Crippen LogP contribution in [-0.2, 0) is 17.8 Å². The molecule has 0 fully saturated rings. The van der Waals surface area contributed by atoms with E-state index in [1.165, 1.54) is 4.57 Å². The van der Waals surface area contributed by atoms with Crippen molar-refractivity contribution in [3.63, 3.8) is 0 Å². The van der Waals surface area contributed by atoms with Gasteiger partial charge in [0.25, 0.3) is 5.56 Å². The molecule has 0 radical (unpaired) electrons. The molecule has 0 saturated heterocycles. The molecule has 116 valence electrons. The van der Waals surface area contributed by atoms with Gasteiger partial charge in [0.15, 0.2) is 0 Å². The Morgan fingerprint density at radius 3 is 2.55 bits per heavy atom. The van der Waals surface area contributed by atoms with E-state index in [1.54, 1.807) is 31.2 Å². The van der Waals surface area contributed by atoms with E-state index in [0.29, 0.717) is 27.7 Å². The summed E-state index contributed by atoms with van der Waals surface area (Å²) >= 11 is 5.86. The van der Waals surface area contributed by atoms with Crippen molar-refractivity contribution in [3.8, 4) is 11.4 Å². The normalized spacial score (nSPS) is 10.7. The average molecular weight is 322 g/mol. The maximum atomic E-state index is 12.6. The summed E-state index contributed by atoms with van der Waals surface area (Å²) in [5.74, 6) is -0.294. The van der Waals surface area contributed by atoms with Gasteiger partial charge >= 0.3 is 0 Å². The molecule has 0 unspecified atom stereocenters. The summed E-state index contributed by atoms with van der Waals surface area (Å²) in [6.45, 7) is 1.25. The zero-order chi connectivity index (χ0) is 16.3. The zero-order valence-electron chi connectivity index (χ0n) is 12.0. The fourth-order valence-corrected chi connectivity index (χ4v) is 2.35. The maximum absolute atomic E-state index is 12.6. The smallest absolute Gasteiger partial charge is 0.257 e. The molecule has 2 aromatic rings. The van der Waals surface area contributed by atoms with Gasteiger partial charge in [-0.15, -0.1) is 0 Å². The SMILES string of the molecule is Cc1nc(-c2ccc(Cl)cc2)n(CC(N)=O)c(=O)c1CCO. The summed E-state index contributed by atoms with van der Waals surface area (Å²) in [5, 5.41) is 9.63. The van der Waals surface area contributed by atoms with E-state index in [0.717, 1.165) is 0 Å². The number of hydrogen-bond acceptors (Lipinski definition) is 4. The lowest BCUT2D eigenvalue weighted by molar-refractivity contribution is -0.118. The van der Waals surface area contributed by atoms with Gasteiger partial charge in [0.05, 0.1) is 0 Å². The number of carbonyl (C=O) groups is 1. The lowest BCUT2D eigenvalue weighted by Crippen LogP contribution is -2.33. The van der Waals surface area contributed by atoms with Crippen LogP contribution in [0.3, 0.4) is 0 Å². The number of aliphatic hydroxyl groups excluding tert-OH is 1. The summed E-state index contributed by atoms with van der Waals surface area (Å²) in [7, 11) is 0. The molecule has 2 rings (SSSR count). The molecule has 3 N–H and O–H groups in total. The highest BCUT2D eigenvalue weighted by atomic mass is 35.5. The highest BCUT2D eigenvalue weighted by Crippen LogP contribution is 2.20. The van der Waals surface area contributed by atoms with Crippen LogP contribution < -0.4 is 11.3 Å². The second kappa shape index (κ2) is 6.72. The largest absolute Gasteiger partial charge is 0.396 e. The van der Waals surface area contributed by atoms with Crippen molar-refractivity contribution in [1.29, 1.82) is 0 Å². The molecule has 6 nitrogen and oxygen atoms in total. The topological polar surface area (TPSA) is 98.2 Å². The number of primary amides is 1. The van der Waals surface area contributed by atoms with Gasteiger partial charge in [-0.2, -0.15) is 0 Å². The van der Waals surface area contributed by atoms with Crippen LogP contribution in [0.2, 0.25) is 5.02 Å². The minimum absolute atomic E-state index is 0.172. The molecular weight excluding hydrogens is 306 g/mol. The van der Waals surface area contributed by atoms with E-state index < -0.39 is 5.91 Å². The van der Waals surface area contributed by atoms with E-state index in [1.807, 2.05) is 0 Å². The summed E-state index contributed by atoms with van der Waals surface area (Å²) in [5.41, 5.74) is 6.41. The predicted octanol–water partition coefficient (Wildman–Crippen LogP) is 0.892. The first kappa shape index (κ1) is 16.2. The first-order valence-corrected chi connectivity index (χ1v) is 7.07. The molecule has 0 aliphatic carbocycles. The highest BCUT2D eigenvalue weighted by molar-refractivity contribution is 6.30. The third-order valence-corrected chi connectivity index (χ3v) is 3.50. The van der Waals surface area contributed by atoms with Crippen LogP contribution in [0.15, 0.2) is 29.1 Å². The van der Waals surface area contributed by atoms with Gasteiger partial charge in [-0.05, 0) is 31.2 Å². The van der Waals surface area contributed by atoms with Crippen molar-refractivity contribution in [2.24, 2.45) is 5.73 Å². The number of benzene rings is 1. The molecule has 0 aliphatic rings. The number of rotatable bonds is 5. The Balaban J connectivity index is 2.69. The molecule has 0 spiro atoms. The van der Waals surface area contributed by atoms with Crippen LogP contribution in [0.25, 0.3) is 11.4 Å². The second-order valence-electron chi connectivity index (χ2n) is 4.84. The summed E-state index contributed by atoms with van der Waals surface area (Å²) in [4.78, 5) is 28.2. The molecule has 0 atom stereocenters. The van der Waals surface area contributed by atoms with Gasteiger partial charge in [0, 0.05) is 34.9 Å². The lowest BCUT2D eigenvalue weighted by atomic mass is 10.1. The first-order valence-electron chi connectivity index (χ1n) is 6.69. The molecule has 7 heteroatoms. The van der Waals surface area contributed by atoms with Crippen molar-refractivity contribution in [2.45, 2.75) is 19.9 Å². The van der Waals surface area contributed by atoms with E-state index in [9.17, 15) is 9.59 Å². The van der Waals surface area contributed by atoms with Crippen LogP contribution in [-0.4, -0.2) is 27.2 Å². The summed E-state index contributed by atoms with van der Waals surface area (Å²) in [6, 6.07) is 6.78. The number of halogens is 1. The quantitative estimate of drug-likeness (QED) is 0.854. The molecule has 1 amide bonds. The maximum Gasteiger partial charge on any atom is 0.257 e. The molecule has 22 heavy (non-hydrogen) atoms. The van der Waals surface area contributed by atoms with Crippen LogP contribution in [0, 0.1) is 6.92 Å². The fourth-order valence-electron chi connectivity index (χ4n) is 2.22. The Morgan fingerprint density at radius 2 is 2.00 bits per heavy atom. The molecule has 1 heterocycles. The Hall–Kier alpha value is -2.18. The molecule has 0 bridgehead atoms. The molecular formula is C15H16ClN3O3. The number of carbonyl (C=O) groups excluding carboxylic acids is 1. The molecule has 0 saturated carbocycles. The number of aryl methyl sites for hydroxylation is 1. The Kier molecular flexibility index (Phi) is 4.95. The van der Waals surface area contributed by atoms with Gasteiger partial charge in [0.2, 0.25) is 5.91 Å². The van der Waals surface area contributed by atoms with E-state index >= 15 is 0 Å². The summed E-state index contributed by atoms with van der Waals surface area (Å²) < 4.78 is 1.23. The second-order valence-corrected chi connectivity index (χ2v) is 5.27. The average Bonchev–Trinajstić information content (AvgIpc) is 2.47. The van der Waals surface area contributed by atoms with Crippen LogP contribution in [0.1, 0.15) is 11.3 Å². The third-order valence-electron chi connectivity index (χ3n) is 3.25. The van der Waals surface area contributed by atoms with Gasteiger partial charge < -0.3 is 10.8 Å². The van der Waals surface area contributed by atoms with Crippen molar-refractivity contribution in [2.75, 3.05) is 6.61 Å². The van der Waals surface area contributed by atoms with Crippen molar-refractivity contribution in [3.05, 3.63) is 50.9 Å². The van der Waals surface area contributed by atoms with Crippen LogP contribution in [0.4, 0.5) is 0 Å². The number of aromatic nitrogens is 2. The van der Waals surface area contributed by atoms with Gasteiger partial charge in [-0.25, -0.2) is 4.98 Å². The van der Waals surface area contributed by atoms with Crippen LogP contribution >= 0.6 is 11.6 Å². The number of nitrogens with two attached hydrogens (primary N) is 1. The van der Waals surface area contributed by atoms with Crippen LogP contribution in [0.5, 0.6) is 0 Å². The number of hydrogen-bond donors (Lipinski definition) is 2. The third kappa shape index (κ3) is 3.35. The standard InChI is InChI=1S/C15H16ClN3O3/c1-9-12(6-7-20)15(22)19(8-13(17)21)14(18-9)10-2-4-11(16)5-3-10/h2-5,20H,6-8H2,1H3,(H2,17,21). The van der Waals surface area contributed by atoms with E-state index in [-0.39, 0.29) is 25.1 Å². The van der Waals surface area contributed by atoms with Gasteiger partial charge in [-0.1, -0.05) is 11.6 Å². The summed E-state index contributed by atoms with van der Waals surface area (Å²) in [6.07, 6.45) is 0.178. The van der Waals surface area contributed by atoms with E-state index in [4.69, 9.17) is 22.4 Å². The fraction of sp³-hybridized carbons (Fsp3) is 0.267.